The number of nitrogens with two attached hydrogens (primary N) is 1. The monoisotopic (exact) mass is 282 g/mol. The molecule has 0 radical (unpaired) electrons. The Hall–Kier alpha value is -2.82. The number of aromatic hydroxyl groups is 1. The van der Waals surface area contributed by atoms with Crippen LogP contribution in [0.2, 0.25) is 0 Å². The summed E-state index contributed by atoms with van der Waals surface area (Å²) in [6, 6.07) is 10.1. The van der Waals surface area contributed by atoms with Crippen molar-refractivity contribution in [1.82, 2.24) is 4.90 Å². The minimum Gasteiger partial charge on any atom is -0.507 e. The number of carbonyl (C=O) groups excluding carboxylic acids is 2. The molecule has 0 spiro atoms. The van der Waals surface area contributed by atoms with E-state index in [9.17, 15) is 14.7 Å². The first-order valence-corrected chi connectivity index (χ1v) is 6.53. The van der Waals surface area contributed by atoms with Crippen molar-refractivity contribution in [2.45, 2.75) is 13.5 Å². The fourth-order valence-corrected chi connectivity index (χ4v) is 2.52. The number of nitrogens with zero attached hydrogens (tertiary/aromatic N) is 1. The smallest absolute Gasteiger partial charge is 0.263 e. The summed E-state index contributed by atoms with van der Waals surface area (Å²) in [5.74, 6) is -0.709. The van der Waals surface area contributed by atoms with Crippen molar-refractivity contribution < 1.29 is 14.7 Å². The molecule has 2 aromatic carbocycles. The first kappa shape index (κ1) is 13.2. The minimum atomic E-state index is -0.422. The molecule has 0 atom stereocenters. The number of phenols is 1. The van der Waals surface area contributed by atoms with Crippen LogP contribution in [0.5, 0.6) is 5.75 Å². The molecule has 0 unspecified atom stereocenters. The molecule has 2 aromatic rings. The lowest BCUT2D eigenvalue weighted by atomic mass is 10.1. The second kappa shape index (κ2) is 4.63. The number of nitrogen functional groups attached to an aromatic ring is 1. The molecule has 1 aliphatic heterocycles. The Morgan fingerprint density at radius 3 is 2.52 bits per heavy atom. The first-order chi connectivity index (χ1) is 10.0. The summed E-state index contributed by atoms with van der Waals surface area (Å²) >= 11 is 0. The van der Waals surface area contributed by atoms with Gasteiger partial charge in [0.2, 0.25) is 0 Å². The molecule has 0 aliphatic carbocycles. The minimum absolute atomic E-state index is 0.0271. The molecule has 1 heterocycles. The van der Waals surface area contributed by atoms with Crippen LogP contribution in [0.1, 0.15) is 31.8 Å². The lowest BCUT2D eigenvalue weighted by Gasteiger charge is -2.15. The summed E-state index contributed by atoms with van der Waals surface area (Å²) < 4.78 is 0. The molecule has 106 valence electrons. The van der Waals surface area contributed by atoms with E-state index in [1.54, 1.807) is 43.3 Å². The highest BCUT2D eigenvalue weighted by Crippen LogP contribution is 2.31. The molecule has 3 rings (SSSR count). The number of benzene rings is 2. The Morgan fingerprint density at radius 1 is 1.10 bits per heavy atom. The summed E-state index contributed by atoms with van der Waals surface area (Å²) in [7, 11) is 0. The highest BCUT2D eigenvalue weighted by molar-refractivity contribution is 6.23. The van der Waals surface area contributed by atoms with E-state index >= 15 is 0 Å². The molecule has 0 aromatic heterocycles. The molecule has 5 nitrogen and oxygen atoms in total. The zero-order valence-corrected chi connectivity index (χ0v) is 11.5. The maximum absolute atomic E-state index is 12.4. The van der Waals surface area contributed by atoms with E-state index < -0.39 is 5.91 Å². The van der Waals surface area contributed by atoms with E-state index in [4.69, 9.17) is 5.73 Å². The number of carbonyl (C=O) groups is 2. The molecule has 3 N–H and O–H groups in total. The number of amides is 2. The molecular formula is C16H14N2O3. The van der Waals surface area contributed by atoms with Gasteiger partial charge in [0.15, 0.2) is 0 Å². The molecule has 1 aliphatic rings. The number of hydrogen-bond acceptors (Lipinski definition) is 4. The summed E-state index contributed by atoms with van der Waals surface area (Å²) in [5.41, 5.74) is 7.86. The molecule has 0 fully saturated rings. The second-order valence-electron chi connectivity index (χ2n) is 5.05. The molecule has 0 saturated heterocycles. The van der Waals surface area contributed by atoms with Gasteiger partial charge in [0, 0.05) is 11.3 Å². The van der Waals surface area contributed by atoms with E-state index in [0.29, 0.717) is 22.4 Å². The quantitative estimate of drug-likeness (QED) is 0.652. The Labute approximate surface area is 121 Å². The second-order valence-corrected chi connectivity index (χ2v) is 5.05. The van der Waals surface area contributed by atoms with Gasteiger partial charge >= 0.3 is 0 Å². The Balaban J connectivity index is 1.99. The maximum Gasteiger partial charge on any atom is 0.263 e. The van der Waals surface area contributed by atoms with Crippen molar-refractivity contribution in [2.24, 2.45) is 0 Å². The summed E-state index contributed by atoms with van der Waals surface area (Å²) in [6.45, 7) is 1.79. The van der Waals surface area contributed by atoms with Gasteiger partial charge in [-0.15, -0.1) is 0 Å². The van der Waals surface area contributed by atoms with Crippen molar-refractivity contribution in [1.29, 1.82) is 0 Å². The predicted octanol–water partition coefficient (Wildman–Crippen LogP) is 2.08. The molecule has 2 amide bonds. The van der Waals surface area contributed by atoms with Crippen LogP contribution in [0, 0.1) is 6.92 Å². The van der Waals surface area contributed by atoms with Gasteiger partial charge < -0.3 is 10.8 Å². The number of hydrogen-bond donors (Lipinski definition) is 2. The average Bonchev–Trinajstić information content (AvgIpc) is 2.70. The maximum atomic E-state index is 12.4. The zero-order valence-electron chi connectivity index (χ0n) is 11.5. The number of fused-ring (bicyclic) bond motifs is 1. The summed E-state index contributed by atoms with van der Waals surface area (Å²) in [5, 5.41) is 10.0. The highest BCUT2D eigenvalue weighted by Gasteiger charge is 2.37. The van der Waals surface area contributed by atoms with Crippen molar-refractivity contribution in [2.75, 3.05) is 5.73 Å². The zero-order chi connectivity index (χ0) is 15.1. The van der Waals surface area contributed by atoms with E-state index in [0.717, 1.165) is 4.90 Å². The van der Waals surface area contributed by atoms with Crippen molar-refractivity contribution >= 4 is 17.5 Å². The van der Waals surface area contributed by atoms with Gasteiger partial charge in [-0.25, -0.2) is 0 Å². The number of anilines is 1. The van der Waals surface area contributed by atoms with E-state index in [2.05, 4.69) is 0 Å². The Kier molecular flexibility index (Phi) is 2.90. The SMILES string of the molecule is Cc1cccc(CN2C(=O)c3cccc(N)c3C2=O)c1O. The lowest BCUT2D eigenvalue weighted by Crippen LogP contribution is -2.29. The predicted molar refractivity (Wildman–Crippen MR) is 77.9 cm³/mol. The topological polar surface area (TPSA) is 83.6 Å². The molecule has 5 heteroatoms. The van der Waals surface area contributed by atoms with Crippen LogP contribution in [-0.2, 0) is 6.54 Å². The summed E-state index contributed by atoms with van der Waals surface area (Å²) in [6.07, 6.45) is 0. The van der Waals surface area contributed by atoms with E-state index in [1.165, 1.54) is 0 Å². The average molecular weight is 282 g/mol. The van der Waals surface area contributed by atoms with Crippen LogP contribution in [-0.4, -0.2) is 21.8 Å². The number of rotatable bonds is 2. The lowest BCUT2D eigenvalue weighted by molar-refractivity contribution is 0.0642. The Morgan fingerprint density at radius 2 is 1.81 bits per heavy atom. The first-order valence-electron chi connectivity index (χ1n) is 6.53. The van der Waals surface area contributed by atoms with Gasteiger partial charge in [0.25, 0.3) is 11.8 Å². The standard InChI is InChI=1S/C16H14N2O3/c1-9-4-2-5-10(14(9)19)8-18-15(20)11-6-3-7-12(17)13(11)16(18)21/h2-7,19H,8,17H2,1H3. The van der Waals surface area contributed by atoms with Crippen LogP contribution in [0.25, 0.3) is 0 Å². The van der Waals surface area contributed by atoms with Crippen LogP contribution in [0.15, 0.2) is 36.4 Å². The largest absolute Gasteiger partial charge is 0.507 e. The number of aryl methyl sites for hydroxylation is 1. The van der Waals surface area contributed by atoms with Crippen molar-refractivity contribution in [3.05, 3.63) is 58.7 Å². The van der Waals surface area contributed by atoms with Gasteiger partial charge in [-0.05, 0) is 24.6 Å². The highest BCUT2D eigenvalue weighted by atomic mass is 16.3. The fourth-order valence-electron chi connectivity index (χ4n) is 2.52. The van der Waals surface area contributed by atoms with Gasteiger partial charge in [0.05, 0.1) is 17.7 Å². The molecule has 21 heavy (non-hydrogen) atoms. The molecule has 0 saturated carbocycles. The number of phenolic OH excluding ortho intramolecular Hbond substituents is 1. The third kappa shape index (κ3) is 1.94. The molecular weight excluding hydrogens is 268 g/mol. The van der Waals surface area contributed by atoms with Crippen LogP contribution >= 0.6 is 0 Å². The van der Waals surface area contributed by atoms with Gasteiger partial charge in [-0.3, -0.25) is 14.5 Å². The third-order valence-corrected chi connectivity index (χ3v) is 3.68. The summed E-state index contributed by atoms with van der Waals surface area (Å²) in [4.78, 5) is 25.8. The number of para-hydroxylation sites is 1. The van der Waals surface area contributed by atoms with Gasteiger partial charge in [-0.1, -0.05) is 24.3 Å². The van der Waals surface area contributed by atoms with Gasteiger partial charge in [0.1, 0.15) is 5.75 Å². The van der Waals surface area contributed by atoms with Crippen molar-refractivity contribution in [3.63, 3.8) is 0 Å². The number of imide groups is 1. The van der Waals surface area contributed by atoms with Gasteiger partial charge in [-0.2, -0.15) is 0 Å². The molecule has 0 bridgehead atoms. The van der Waals surface area contributed by atoms with E-state index in [1.807, 2.05) is 0 Å². The van der Waals surface area contributed by atoms with E-state index in [-0.39, 0.29) is 23.8 Å². The normalized spacial score (nSPS) is 13.7. The van der Waals surface area contributed by atoms with Crippen LogP contribution in [0.3, 0.4) is 0 Å². The third-order valence-electron chi connectivity index (χ3n) is 3.68. The Bertz CT molecular complexity index is 768. The fraction of sp³-hybridized carbons (Fsp3) is 0.125. The van der Waals surface area contributed by atoms with Crippen molar-refractivity contribution in [3.8, 4) is 5.75 Å². The van der Waals surface area contributed by atoms with Crippen LogP contribution < -0.4 is 5.73 Å². The van der Waals surface area contributed by atoms with Crippen LogP contribution in [0.4, 0.5) is 5.69 Å².